The quantitative estimate of drug-likeness (QED) is 0.467. The Kier molecular flexibility index (Phi) is 6.97. The number of rotatable bonds is 3. The van der Waals surface area contributed by atoms with Gasteiger partial charge in [-0.3, -0.25) is 10.1 Å². The fraction of sp³-hybridized carbons (Fsp3) is 0.556. The molecule has 2 amide bonds. The summed E-state index contributed by atoms with van der Waals surface area (Å²) in [6, 6.07) is 0.741. The Balaban J connectivity index is 3.78. The lowest BCUT2D eigenvalue weighted by Gasteiger charge is -2.28. The fourth-order valence-electron chi connectivity index (χ4n) is 2.16. The van der Waals surface area contributed by atoms with Gasteiger partial charge in [-0.2, -0.15) is 18.1 Å². The van der Waals surface area contributed by atoms with Crippen LogP contribution in [0.15, 0.2) is 12.1 Å². The van der Waals surface area contributed by atoms with Crippen molar-refractivity contribution in [3.05, 3.63) is 27.8 Å². The van der Waals surface area contributed by atoms with E-state index in [-0.39, 0.29) is 11.0 Å². The Morgan fingerprint density at radius 1 is 0.967 bits per heavy atom. The molecule has 30 heavy (non-hydrogen) atoms. The van der Waals surface area contributed by atoms with Gasteiger partial charge in [-0.05, 0) is 41.5 Å². The van der Waals surface area contributed by atoms with Crippen molar-refractivity contribution in [2.24, 2.45) is 0 Å². The highest BCUT2D eigenvalue weighted by Gasteiger charge is 2.42. The van der Waals surface area contributed by atoms with Crippen LogP contribution in [0.3, 0.4) is 0 Å². The summed E-state index contributed by atoms with van der Waals surface area (Å²) in [5, 5.41) is 11.5. The Morgan fingerprint density at radius 3 is 1.70 bits per heavy atom. The van der Waals surface area contributed by atoms with Crippen molar-refractivity contribution in [1.82, 2.24) is 0 Å². The van der Waals surface area contributed by atoms with Crippen molar-refractivity contribution in [3.63, 3.8) is 0 Å². The highest BCUT2D eigenvalue weighted by molar-refractivity contribution is 6.11. The maximum atomic E-state index is 13.3. The summed E-state index contributed by atoms with van der Waals surface area (Å²) in [5.41, 5.74) is -5.66. The molecule has 0 saturated carbocycles. The largest absolute Gasteiger partial charge is 0.496 e. The molecule has 0 bridgehead atoms. The number of carbonyl (C=O) groups excluding carboxylic acids is 2. The van der Waals surface area contributed by atoms with Gasteiger partial charge in [0.15, 0.2) is 0 Å². The molecule has 0 saturated heterocycles. The molecule has 1 rings (SSSR count). The number of nitro benzene ring substituents is 1. The van der Waals surface area contributed by atoms with Crippen LogP contribution in [0.4, 0.5) is 34.1 Å². The van der Waals surface area contributed by atoms with Crippen LogP contribution in [0.25, 0.3) is 0 Å². The molecular formula is C18H23F3N2O7. The van der Waals surface area contributed by atoms with Crippen molar-refractivity contribution in [1.29, 1.82) is 0 Å². The Bertz CT molecular complexity index is 812. The first-order valence-electron chi connectivity index (χ1n) is 8.57. The third-order valence-corrected chi connectivity index (χ3v) is 3.19. The van der Waals surface area contributed by atoms with Gasteiger partial charge >= 0.3 is 18.4 Å². The predicted octanol–water partition coefficient (Wildman–Crippen LogP) is 5.30. The minimum atomic E-state index is -4.99. The zero-order valence-corrected chi connectivity index (χ0v) is 17.5. The minimum absolute atomic E-state index is 0.164. The van der Waals surface area contributed by atoms with Crippen molar-refractivity contribution < 1.29 is 41.9 Å². The maximum Gasteiger partial charge on any atom is 0.424 e. The van der Waals surface area contributed by atoms with Crippen molar-refractivity contribution >= 4 is 23.6 Å². The second kappa shape index (κ2) is 8.36. The molecule has 168 valence electrons. The molecule has 0 fully saturated rings. The van der Waals surface area contributed by atoms with E-state index in [9.17, 15) is 32.9 Å². The molecule has 0 aliphatic rings. The van der Waals surface area contributed by atoms with Crippen LogP contribution in [-0.2, 0) is 15.7 Å². The molecule has 0 atom stereocenters. The van der Waals surface area contributed by atoms with Gasteiger partial charge in [0, 0.05) is 12.1 Å². The number of halogens is 3. The summed E-state index contributed by atoms with van der Waals surface area (Å²) in [7, 11) is 0.908. The summed E-state index contributed by atoms with van der Waals surface area (Å²) in [4.78, 5) is 35.8. The molecule has 0 radical (unpaired) electrons. The lowest BCUT2D eigenvalue weighted by molar-refractivity contribution is -0.384. The predicted molar refractivity (Wildman–Crippen MR) is 99.6 cm³/mol. The van der Waals surface area contributed by atoms with E-state index >= 15 is 0 Å². The smallest absolute Gasteiger partial charge is 0.424 e. The first-order chi connectivity index (χ1) is 13.4. The molecule has 9 nitrogen and oxygen atoms in total. The van der Waals surface area contributed by atoms with Gasteiger partial charge in [0.25, 0.3) is 5.69 Å². The first-order valence-corrected chi connectivity index (χ1v) is 8.57. The highest BCUT2D eigenvalue weighted by Crippen LogP contribution is 2.43. The molecule has 1 aromatic carbocycles. The van der Waals surface area contributed by atoms with Gasteiger partial charge in [-0.15, -0.1) is 0 Å². The molecule has 0 heterocycles. The van der Waals surface area contributed by atoms with E-state index in [2.05, 4.69) is 4.74 Å². The van der Waals surface area contributed by atoms with Crippen LogP contribution in [0.2, 0.25) is 0 Å². The van der Waals surface area contributed by atoms with E-state index in [4.69, 9.17) is 9.47 Å². The van der Waals surface area contributed by atoms with Gasteiger partial charge in [0.2, 0.25) is 0 Å². The van der Waals surface area contributed by atoms with E-state index in [0.717, 1.165) is 7.11 Å². The van der Waals surface area contributed by atoms with E-state index < -0.39 is 57.2 Å². The molecule has 1 aromatic rings. The number of benzene rings is 1. The second-order valence-electron chi connectivity index (χ2n) is 8.09. The molecule has 0 spiro atoms. The number of amides is 2. The summed E-state index contributed by atoms with van der Waals surface area (Å²) >= 11 is 0. The highest BCUT2D eigenvalue weighted by atomic mass is 19.4. The fourth-order valence-corrected chi connectivity index (χ4v) is 2.16. The Hall–Kier alpha value is -3.05. The van der Waals surface area contributed by atoms with E-state index in [1.165, 1.54) is 41.5 Å². The van der Waals surface area contributed by atoms with Crippen molar-refractivity contribution in [2.75, 3.05) is 12.0 Å². The third kappa shape index (κ3) is 6.49. The Morgan fingerprint density at radius 2 is 1.40 bits per heavy atom. The summed E-state index contributed by atoms with van der Waals surface area (Å²) < 4.78 is 54.7. The van der Waals surface area contributed by atoms with E-state index in [1.807, 2.05) is 0 Å². The van der Waals surface area contributed by atoms with Gasteiger partial charge in [-0.25, -0.2) is 9.59 Å². The van der Waals surface area contributed by atoms with Gasteiger partial charge < -0.3 is 14.2 Å². The van der Waals surface area contributed by atoms with Crippen LogP contribution >= 0.6 is 0 Å². The number of ether oxygens (including phenoxy) is 3. The number of carbonyl (C=O) groups is 2. The zero-order chi connectivity index (χ0) is 23.7. The zero-order valence-electron chi connectivity index (χ0n) is 17.5. The van der Waals surface area contributed by atoms with Gasteiger partial charge in [0.05, 0.1) is 12.0 Å². The van der Waals surface area contributed by atoms with Gasteiger partial charge in [0.1, 0.15) is 28.2 Å². The molecule has 0 unspecified atom stereocenters. The summed E-state index contributed by atoms with van der Waals surface area (Å²) in [6.07, 6.45) is -7.74. The SMILES string of the molecule is COc1cc(N(C(=O)OC(C)(C)C)C(=O)OC(C)(C)C)c([N+](=O)[O-])cc1C(F)(F)F. The number of hydrogen-bond donors (Lipinski definition) is 0. The average Bonchev–Trinajstić information content (AvgIpc) is 2.49. The van der Waals surface area contributed by atoms with Crippen LogP contribution in [-0.4, -0.2) is 35.4 Å². The molecule has 0 aliphatic carbocycles. The lowest BCUT2D eigenvalue weighted by Crippen LogP contribution is -2.44. The van der Waals surface area contributed by atoms with E-state index in [1.54, 1.807) is 0 Å². The van der Waals surface area contributed by atoms with Gasteiger partial charge in [-0.1, -0.05) is 0 Å². The molecule has 12 heteroatoms. The van der Waals surface area contributed by atoms with Crippen molar-refractivity contribution in [2.45, 2.75) is 58.9 Å². The first kappa shape index (κ1) is 25.0. The number of hydrogen-bond acceptors (Lipinski definition) is 7. The monoisotopic (exact) mass is 436 g/mol. The maximum absolute atomic E-state index is 13.3. The molecule has 0 aliphatic heterocycles. The second-order valence-corrected chi connectivity index (χ2v) is 8.09. The molecular weight excluding hydrogens is 413 g/mol. The topological polar surface area (TPSA) is 108 Å². The number of imide groups is 1. The van der Waals surface area contributed by atoms with Crippen molar-refractivity contribution in [3.8, 4) is 5.75 Å². The Labute approximate surface area is 170 Å². The summed E-state index contributed by atoms with van der Waals surface area (Å²) in [5.74, 6) is -0.833. The number of anilines is 1. The van der Waals surface area contributed by atoms with Crippen LogP contribution in [0, 0.1) is 10.1 Å². The van der Waals surface area contributed by atoms with Crippen LogP contribution < -0.4 is 9.64 Å². The minimum Gasteiger partial charge on any atom is -0.496 e. The third-order valence-electron chi connectivity index (χ3n) is 3.19. The number of alkyl halides is 3. The lowest BCUT2D eigenvalue weighted by atomic mass is 10.1. The van der Waals surface area contributed by atoms with Crippen LogP contribution in [0.1, 0.15) is 47.1 Å². The number of nitrogens with zero attached hydrogens (tertiary/aromatic N) is 2. The standard InChI is InChI=1S/C18H23F3N2O7/c1-16(2,3)29-14(24)22(15(25)30-17(4,5)6)11-9-13(28-7)10(18(19,20)21)8-12(11)23(26)27/h8-9H,1-7H3. The van der Waals surface area contributed by atoms with Crippen LogP contribution in [0.5, 0.6) is 5.75 Å². The van der Waals surface area contributed by atoms with E-state index in [0.29, 0.717) is 6.07 Å². The number of methoxy groups -OCH3 is 1. The number of nitro groups is 1. The normalized spacial score (nSPS) is 12.2. The average molecular weight is 436 g/mol. The molecule has 0 aromatic heterocycles. The molecule has 0 N–H and O–H groups in total. The summed E-state index contributed by atoms with van der Waals surface area (Å²) in [6.45, 7) is 8.83.